The normalized spacial score (nSPS) is 14.5. The van der Waals surface area contributed by atoms with Gasteiger partial charge in [-0.2, -0.15) is 4.98 Å². The van der Waals surface area contributed by atoms with Crippen LogP contribution in [0.4, 0.5) is 6.01 Å². The fourth-order valence-electron chi connectivity index (χ4n) is 4.91. The second kappa shape index (κ2) is 7.65. The van der Waals surface area contributed by atoms with Crippen molar-refractivity contribution in [2.75, 3.05) is 31.2 Å². The van der Waals surface area contributed by atoms with Gasteiger partial charge in [0.1, 0.15) is 5.58 Å². The van der Waals surface area contributed by atoms with Crippen LogP contribution in [0, 0.1) is 0 Å². The SMILES string of the molecule is O=c1nc(N2CCOCC2)oc2ccc3cc(-c4cccc5c4sc4ccccc45)ccc3c12. The molecule has 6 aromatic rings. The van der Waals surface area contributed by atoms with Crippen LogP contribution in [0.15, 0.2) is 82.0 Å². The molecule has 0 unspecified atom stereocenters. The summed E-state index contributed by atoms with van der Waals surface area (Å²) in [4.78, 5) is 19.3. The number of nitrogens with zero attached hydrogens (tertiary/aromatic N) is 2. The predicted molar refractivity (Wildman–Crippen MR) is 139 cm³/mol. The molecule has 1 aliphatic heterocycles. The van der Waals surface area contributed by atoms with Crippen molar-refractivity contribution in [3.8, 4) is 11.1 Å². The summed E-state index contributed by atoms with van der Waals surface area (Å²) in [6, 6.07) is 25.6. The van der Waals surface area contributed by atoms with Gasteiger partial charge in [0.05, 0.1) is 18.6 Å². The quantitative estimate of drug-likeness (QED) is 0.285. The van der Waals surface area contributed by atoms with Crippen LogP contribution in [0.5, 0.6) is 0 Å². The minimum Gasteiger partial charge on any atom is -0.425 e. The zero-order chi connectivity index (χ0) is 22.6. The van der Waals surface area contributed by atoms with Crippen molar-refractivity contribution in [1.29, 1.82) is 0 Å². The largest absolute Gasteiger partial charge is 0.425 e. The van der Waals surface area contributed by atoms with E-state index in [0.29, 0.717) is 43.3 Å². The monoisotopic (exact) mass is 464 g/mol. The van der Waals surface area contributed by atoms with Crippen molar-refractivity contribution in [3.05, 3.63) is 83.2 Å². The summed E-state index contributed by atoms with van der Waals surface area (Å²) in [6.07, 6.45) is 0. The first-order valence-corrected chi connectivity index (χ1v) is 12.2. The zero-order valence-electron chi connectivity index (χ0n) is 18.3. The third-order valence-corrected chi connectivity index (χ3v) is 7.81. The highest BCUT2D eigenvalue weighted by molar-refractivity contribution is 7.26. The summed E-state index contributed by atoms with van der Waals surface area (Å²) in [5, 5.41) is 4.95. The number of anilines is 1. The Hall–Kier alpha value is -3.74. The Morgan fingerprint density at radius 1 is 0.853 bits per heavy atom. The molecule has 34 heavy (non-hydrogen) atoms. The summed E-state index contributed by atoms with van der Waals surface area (Å²) in [6.45, 7) is 2.55. The molecule has 0 N–H and O–H groups in total. The molecule has 0 spiro atoms. The highest BCUT2D eigenvalue weighted by Crippen LogP contribution is 2.40. The van der Waals surface area contributed by atoms with E-state index in [4.69, 9.17) is 9.15 Å². The fraction of sp³-hybridized carbons (Fsp3) is 0.143. The van der Waals surface area contributed by atoms with Gasteiger partial charge in [0.15, 0.2) is 0 Å². The molecule has 1 saturated heterocycles. The lowest BCUT2D eigenvalue weighted by Crippen LogP contribution is -2.37. The average Bonchev–Trinajstić information content (AvgIpc) is 3.27. The van der Waals surface area contributed by atoms with Gasteiger partial charge in [-0.3, -0.25) is 4.79 Å². The van der Waals surface area contributed by atoms with Gasteiger partial charge in [0, 0.05) is 33.3 Å². The van der Waals surface area contributed by atoms with Crippen molar-refractivity contribution in [2.45, 2.75) is 0 Å². The Morgan fingerprint density at radius 2 is 1.71 bits per heavy atom. The molecule has 7 rings (SSSR count). The standard InChI is InChI=1S/C28H20N2O3S/c31-27-25-19-10-8-18(20-5-3-6-22-21-4-1-2-7-24(21)34-26(20)22)16-17(19)9-11-23(25)33-28(29-27)30-12-14-32-15-13-30/h1-11,16H,12-15H2. The molecule has 0 saturated carbocycles. The van der Waals surface area contributed by atoms with Crippen LogP contribution in [-0.2, 0) is 4.74 Å². The van der Waals surface area contributed by atoms with Crippen LogP contribution in [0.1, 0.15) is 0 Å². The van der Waals surface area contributed by atoms with E-state index < -0.39 is 0 Å². The minimum atomic E-state index is -0.257. The second-order valence-corrected chi connectivity index (χ2v) is 9.61. The van der Waals surface area contributed by atoms with Gasteiger partial charge in [-0.15, -0.1) is 11.3 Å². The number of hydrogen-bond acceptors (Lipinski definition) is 6. The van der Waals surface area contributed by atoms with Crippen LogP contribution >= 0.6 is 11.3 Å². The van der Waals surface area contributed by atoms with Crippen LogP contribution in [0.2, 0.25) is 0 Å². The smallest absolute Gasteiger partial charge is 0.301 e. The van der Waals surface area contributed by atoms with Crippen molar-refractivity contribution < 1.29 is 9.15 Å². The Labute approximate surface area is 198 Å². The molecule has 0 atom stereocenters. The number of thiophene rings is 1. The van der Waals surface area contributed by atoms with Gasteiger partial charge >= 0.3 is 6.01 Å². The van der Waals surface area contributed by atoms with Gasteiger partial charge in [-0.25, -0.2) is 0 Å². The van der Waals surface area contributed by atoms with E-state index in [9.17, 15) is 4.79 Å². The van der Waals surface area contributed by atoms with E-state index in [1.54, 1.807) is 0 Å². The summed E-state index contributed by atoms with van der Waals surface area (Å²) < 4.78 is 14.0. The van der Waals surface area contributed by atoms with Gasteiger partial charge < -0.3 is 14.1 Å². The first-order valence-electron chi connectivity index (χ1n) is 11.4. The number of aromatic nitrogens is 1. The lowest BCUT2D eigenvalue weighted by molar-refractivity contribution is 0.120. The third kappa shape index (κ3) is 3.03. The number of fused-ring (bicyclic) bond motifs is 6. The van der Waals surface area contributed by atoms with E-state index in [-0.39, 0.29) is 5.56 Å². The Kier molecular flexibility index (Phi) is 4.43. The molecule has 6 heteroatoms. The van der Waals surface area contributed by atoms with Crippen molar-refractivity contribution in [2.24, 2.45) is 0 Å². The highest BCUT2D eigenvalue weighted by Gasteiger charge is 2.18. The van der Waals surface area contributed by atoms with E-state index >= 15 is 0 Å². The van der Waals surface area contributed by atoms with E-state index in [0.717, 1.165) is 16.3 Å². The maximum Gasteiger partial charge on any atom is 0.301 e. The number of morpholine rings is 1. The third-order valence-electron chi connectivity index (χ3n) is 6.59. The summed E-state index contributed by atoms with van der Waals surface area (Å²) >= 11 is 1.82. The summed E-state index contributed by atoms with van der Waals surface area (Å²) in [5.74, 6) is 0. The molecule has 1 fully saturated rings. The molecule has 0 amide bonds. The lowest BCUT2D eigenvalue weighted by atomic mass is 9.98. The first-order chi connectivity index (χ1) is 16.8. The minimum absolute atomic E-state index is 0.257. The molecule has 0 aliphatic carbocycles. The molecule has 166 valence electrons. The molecule has 3 heterocycles. The van der Waals surface area contributed by atoms with Crippen molar-refractivity contribution >= 4 is 59.3 Å². The lowest BCUT2D eigenvalue weighted by Gasteiger charge is -2.25. The molecule has 5 nitrogen and oxygen atoms in total. The molecule has 1 aliphatic rings. The summed E-state index contributed by atoms with van der Waals surface area (Å²) in [5.41, 5.74) is 2.64. The second-order valence-electron chi connectivity index (χ2n) is 8.56. The van der Waals surface area contributed by atoms with Crippen LogP contribution in [-0.4, -0.2) is 31.3 Å². The van der Waals surface area contributed by atoms with Gasteiger partial charge in [-0.1, -0.05) is 54.6 Å². The van der Waals surface area contributed by atoms with E-state index in [2.05, 4.69) is 59.6 Å². The first kappa shape index (κ1) is 19.7. The summed E-state index contributed by atoms with van der Waals surface area (Å²) in [7, 11) is 0. The Balaban J connectivity index is 1.39. The van der Waals surface area contributed by atoms with Gasteiger partial charge in [0.2, 0.25) is 0 Å². The van der Waals surface area contributed by atoms with Crippen molar-refractivity contribution in [1.82, 2.24) is 4.98 Å². The molecule has 0 bridgehead atoms. The van der Waals surface area contributed by atoms with Gasteiger partial charge in [0.25, 0.3) is 5.56 Å². The number of benzene rings is 4. The Bertz CT molecular complexity index is 1780. The van der Waals surface area contributed by atoms with Crippen LogP contribution in [0.25, 0.3) is 53.0 Å². The average molecular weight is 465 g/mol. The van der Waals surface area contributed by atoms with E-state index in [1.165, 1.54) is 25.7 Å². The fourth-order valence-corrected chi connectivity index (χ4v) is 6.15. The zero-order valence-corrected chi connectivity index (χ0v) is 19.1. The van der Waals surface area contributed by atoms with Crippen LogP contribution < -0.4 is 10.5 Å². The molecule has 0 radical (unpaired) electrons. The van der Waals surface area contributed by atoms with Gasteiger partial charge in [-0.05, 0) is 40.1 Å². The molecule has 2 aromatic heterocycles. The van der Waals surface area contributed by atoms with Crippen molar-refractivity contribution in [3.63, 3.8) is 0 Å². The Morgan fingerprint density at radius 3 is 2.62 bits per heavy atom. The number of rotatable bonds is 2. The molecular weight excluding hydrogens is 444 g/mol. The molecular formula is C28H20N2O3S. The number of ether oxygens (including phenoxy) is 1. The number of hydrogen-bond donors (Lipinski definition) is 0. The molecule has 4 aromatic carbocycles. The highest BCUT2D eigenvalue weighted by atomic mass is 32.1. The maximum atomic E-state index is 13.1. The van der Waals surface area contributed by atoms with Crippen LogP contribution in [0.3, 0.4) is 0 Å². The van der Waals surface area contributed by atoms with E-state index in [1.807, 2.05) is 34.4 Å². The predicted octanol–water partition coefficient (Wildman–Crippen LogP) is 6.21. The maximum absolute atomic E-state index is 13.1. The topological polar surface area (TPSA) is 55.6 Å².